The molecule has 2 unspecified atom stereocenters. The van der Waals surface area contributed by atoms with Crippen molar-refractivity contribution >= 4 is 51.0 Å². The molecular weight excluding hydrogens is 515 g/mol. The number of carbonyl (C=O) groups excluding carboxylic acids is 1. The zero-order valence-corrected chi connectivity index (χ0v) is 22.4. The summed E-state index contributed by atoms with van der Waals surface area (Å²) in [6, 6.07) is 7.72. The molecule has 190 valence electrons. The molecule has 0 aliphatic heterocycles. The first-order valence-corrected chi connectivity index (χ1v) is 13.5. The number of aromatic carboxylic acids is 1. The van der Waals surface area contributed by atoms with E-state index in [0.29, 0.717) is 34.0 Å². The highest BCUT2D eigenvalue weighted by Gasteiger charge is 2.36. The van der Waals surface area contributed by atoms with Gasteiger partial charge < -0.3 is 14.7 Å². The number of carboxylic acids is 1. The van der Waals surface area contributed by atoms with Gasteiger partial charge in [-0.05, 0) is 74.6 Å². The fourth-order valence-corrected chi connectivity index (χ4v) is 5.13. The van der Waals surface area contributed by atoms with Gasteiger partial charge in [-0.3, -0.25) is 4.72 Å². The minimum absolute atomic E-state index is 0.0730. The average molecular weight is 543 g/mol. The zero-order chi connectivity index (χ0) is 26.3. The lowest BCUT2D eigenvalue weighted by Crippen LogP contribution is -2.38. The van der Waals surface area contributed by atoms with Crippen LogP contribution in [0.3, 0.4) is 0 Å². The maximum Gasteiger partial charge on any atom is 0.410 e. The molecule has 2 N–H and O–H groups in total. The molecule has 0 bridgehead atoms. The number of amides is 1. The summed E-state index contributed by atoms with van der Waals surface area (Å²) in [4.78, 5) is 26.4. The van der Waals surface area contributed by atoms with Crippen LogP contribution in [0, 0.1) is 0 Å². The summed E-state index contributed by atoms with van der Waals surface area (Å²) in [7, 11) is -2.16. The van der Waals surface area contributed by atoms with E-state index >= 15 is 0 Å². The summed E-state index contributed by atoms with van der Waals surface area (Å²) in [5.41, 5.74) is 1.14. The smallest absolute Gasteiger partial charge is 0.410 e. The highest BCUT2D eigenvalue weighted by molar-refractivity contribution is 7.92. The number of benzene rings is 2. The molecule has 0 fully saturated rings. The second-order valence-corrected chi connectivity index (χ2v) is 12.2. The molecule has 2 aromatic rings. The fraction of sp³-hybridized carbons (Fsp3) is 0.417. The Morgan fingerprint density at radius 3 is 2.29 bits per heavy atom. The van der Waals surface area contributed by atoms with Crippen LogP contribution in [0.15, 0.2) is 30.3 Å². The van der Waals surface area contributed by atoms with Crippen LogP contribution in [0.5, 0.6) is 0 Å². The van der Waals surface area contributed by atoms with Crippen molar-refractivity contribution in [2.24, 2.45) is 0 Å². The van der Waals surface area contributed by atoms with Crippen LogP contribution in [0.25, 0.3) is 0 Å². The third-order valence-corrected chi connectivity index (χ3v) is 7.04. The predicted molar refractivity (Wildman–Crippen MR) is 136 cm³/mol. The third-order valence-electron chi connectivity index (χ3n) is 5.71. The van der Waals surface area contributed by atoms with Crippen LogP contribution in [0.2, 0.25) is 10.0 Å². The molecule has 2 aromatic carbocycles. The van der Waals surface area contributed by atoms with Gasteiger partial charge in [-0.25, -0.2) is 18.0 Å². The molecule has 0 radical (unpaired) electrons. The summed E-state index contributed by atoms with van der Waals surface area (Å²) in [5, 5.41) is 10.6. The molecular formula is C24H28Cl2N2O6S. The van der Waals surface area contributed by atoms with Crippen LogP contribution in [-0.4, -0.2) is 49.4 Å². The minimum Gasteiger partial charge on any atom is -0.478 e. The minimum atomic E-state index is -3.76. The van der Waals surface area contributed by atoms with E-state index in [4.69, 9.17) is 27.9 Å². The Morgan fingerprint density at radius 1 is 1.09 bits per heavy atom. The standard InChI is InChI=1S/C24H28Cl2N2O6S/c1-24(2,3)34-23(31)28(4)21-9-7-14(13-6-8-18(25)19(26)10-13)15-11-17(22(29)30)20(12-16(15)21)27-35(5,32)33/h6,8,10-12,14,21,27H,7,9H2,1-5H3,(H,29,30). The number of ether oxygens (including phenoxy) is 1. The maximum absolute atomic E-state index is 12.9. The Hall–Kier alpha value is -2.49. The molecule has 11 heteroatoms. The lowest BCUT2D eigenvalue weighted by atomic mass is 9.75. The Morgan fingerprint density at radius 2 is 1.74 bits per heavy atom. The van der Waals surface area contributed by atoms with Gasteiger partial charge in [0, 0.05) is 13.0 Å². The van der Waals surface area contributed by atoms with Gasteiger partial charge in [-0.15, -0.1) is 0 Å². The first kappa shape index (κ1) is 27.1. The topological polar surface area (TPSA) is 113 Å². The van der Waals surface area contributed by atoms with Crippen molar-refractivity contribution in [3.8, 4) is 0 Å². The molecule has 0 heterocycles. The number of hydrogen-bond donors (Lipinski definition) is 2. The molecule has 3 rings (SSSR count). The SMILES string of the molecule is CN(C(=O)OC(C)(C)C)C1CCC(c2ccc(Cl)c(Cl)c2)c2cc(C(=O)O)c(NS(C)(=O)=O)cc21. The summed E-state index contributed by atoms with van der Waals surface area (Å²) >= 11 is 12.3. The fourth-order valence-electron chi connectivity index (χ4n) is 4.26. The number of carbonyl (C=O) groups is 2. The van der Waals surface area contributed by atoms with E-state index in [1.807, 2.05) is 6.07 Å². The van der Waals surface area contributed by atoms with Crippen molar-refractivity contribution in [3.63, 3.8) is 0 Å². The Bertz CT molecular complexity index is 1270. The first-order chi connectivity index (χ1) is 16.1. The molecule has 1 aliphatic rings. The highest BCUT2D eigenvalue weighted by Crippen LogP contribution is 2.46. The van der Waals surface area contributed by atoms with Gasteiger partial charge in [0.2, 0.25) is 10.0 Å². The molecule has 0 spiro atoms. The maximum atomic E-state index is 12.9. The third kappa shape index (κ3) is 6.39. The number of fused-ring (bicyclic) bond motifs is 1. The van der Waals surface area contributed by atoms with Crippen LogP contribution in [-0.2, 0) is 14.8 Å². The van der Waals surface area contributed by atoms with Gasteiger partial charge in [0.05, 0.1) is 33.6 Å². The van der Waals surface area contributed by atoms with Crippen LogP contribution >= 0.6 is 23.2 Å². The summed E-state index contributed by atoms with van der Waals surface area (Å²) in [6.07, 6.45) is 1.52. The largest absolute Gasteiger partial charge is 0.478 e. The first-order valence-electron chi connectivity index (χ1n) is 10.9. The van der Waals surface area contributed by atoms with Gasteiger partial charge in [0.1, 0.15) is 5.60 Å². The molecule has 1 amide bonds. The molecule has 8 nitrogen and oxygen atoms in total. The van der Waals surface area contributed by atoms with E-state index < -0.39 is 33.7 Å². The van der Waals surface area contributed by atoms with Gasteiger partial charge in [0.15, 0.2) is 0 Å². The van der Waals surface area contributed by atoms with Crippen LogP contribution in [0.4, 0.5) is 10.5 Å². The van der Waals surface area contributed by atoms with Crippen molar-refractivity contribution in [2.45, 2.75) is 51.2 Å². The van der Waals surface area contributed by atoms with Crippen molar-refractivity contribution in [1.82, 2.24) is 4.90 Å². The number of carboxylic acid groups (broad SMARTS) is 1. The van der Waals surface area contributed by atoms with Crippen molar-refractivity contribution < 1.29 is 27.9 Å². The number of anilines is 1. The Labute approximate surface area is 215 Å². The lowest BCUT2D eigenvalue weighted by Gasteiger charge is -2.38. The zero-order valence-electron chi connectivity index (χ0n) is 20.1. The number of nitrogens with one attached hydrogen (secondary N) is 1. The molecule has 1 aliphatic carbocycles. The van der Waals surface area contributed by atoms with E-state index in [1.165, 1.54) is 17.0 Å². The molecule has 0 saturated heterocycles. The van der Waals surface area contributed by atoms with Crippen LogP contribution < -0.4 is 4.72 Å². The molecule has 0 saturated carbocycles. The number of rotatable bonds is 5. The summed E-state index contributed by atoms with van der Waals surface area (Å²) in [5.74, 6) is -1.53. The molecule has 35 heavy (non-hydrogen) atoms. The Balaban J connectivity index is 2.20. The van der Waals surface area contributed by atoms with Gasteiger partial charge in [-0.2, -0.15) is 0 Å². The number of halogens is 2. The van der Waals surface area contributed by atoms with Gasteiger partial charge in [0.25, 0.3) is 0 Å². The van der Waals surface area contributed by atoms with Crippen molar-refractivity contribution in [2.75, 3.05) is 18.0 Å². The number of hydrogen-bond acceptors (Lipinski definition) is 5. The normalized spacial score (nSPS) is 17.9. The summed E-state index contributed by atoms with van der Waals surface area (Å²) < 4.78 is 31.8. The molecule has 0 aromatic heterocycles. The van der Waals surface area contributed by atoms with Crippen molar-refractivity contribution in [1.29, 1.82) is 0 Å². The van der Waals surface area contributed by atoms with E-state index in [9.17, 15) is 23.1 Å². The van der Waals surface area contributed by atoms with Crippen LogP contribution in [0.1, 0.15) is 72.6 Å². The second-order valence-electron chi connectivity index (χ2n) is 9.62. The monoisotopic (exact) mass is 542 g/mol. The highest BCUT2D eigenvalue weighted by atomic mass is 35.5. The molecule has 2 atom stereocenters. The second kappa shape index (κ2) is 9.87. The van der Waals surface area contributed by atoms with Gasteiger partial charge in [-0.1, -0.05) is 29.3 Å². The van der Waals surface area contributed by atoms with Crippen molar-refractivity contribution in [3.05, 3.63) is 62.6 Å². The van der Waals surface area contributed by atoms with E-state index in [1.54, 1.807) is 40.0 Å². The van der Waals surface area contributed by atoms with Gasteiger partial charge >= 0.3 is 12.1 Å². The number of nitrogens with zero attached hydrogens (tertiary/aromatic N) is 1. The van der Waals surface area contributed by atoms with E-state index in [2.05, 4.69) is 4.72 Å². The lowest BCUT2D eigenvalue weighted by molar-refractivity contribution is 0.0202. The number of sulfonamides is 1. The predicted octanol–water partition coefficient (Wildman–Crippen LogP) is 5.90. The Kier molecular flexibility index (Phi) is 7.64. The van der Waals surface area contributed by atoms with E-state index in [0.717, 1.165) is 11.8 Å². The van der Waals surface area contributed by atoms with E-state index in [-0.39, 0.29) is 17.2 Å². The average Bonchev–Trinajstić information content (AvgIpc) is 2.71. The summed E-state index contributed by atoms with van der Waals surface area (Å²) in [6.45, 7) is 5.30. The quantitative estimate of drug-likeness (QED) is 0.486.